The summed E-state index contributed by atoms with van der Waals surface area (Å²) in [5.74, 6) is 0.0391. The normalized spacial score (nSPS) is 14.3. The van der Waals surface area contributed by atoms with E-state index in [9.17, 15) is 9.59 Å². The first kappa shape index (κ1) is 21.6. The monoisotopic (exact) mass is 411 g/mol. The standard InChI is InChI=1S/C23H29N3O4/c1-4-25-12-14-26(15-13-25)21-11-8-18(23(28)30-5-2)16-20(21)24-22(27)17-6-9-19(29-3)10-7-17/h6-11,16H,4-5,12-15H2,1-3H3,(H,24,27). The molecule has 2 aromatic carbocycles. The van der Waals surface area contributed by atoms with Crippen LogP contribution in [0.15, 0.2) is 42.5 Å². The second-order valence-electron chi connectivity index (χ2n) is 7.06. The molecule has 0 unspecified atom stereocenters. The van der Waals surface area contributed by atoms with Crippen LogP contribution in [0, 0.1) is 0 Å². The fourth-order valence-electron chi connectivity index (χ4n) is 3.50. The van der Waals surface area contributed by atoms with Gasteiger partial charge in [0.05, 0.1) is 30.7 Å². The first-order valence-corrected chi connectivity index (χ1v) is 10.3. The summed E-state index contributed by atoms with van der Waals surface area (Å²) in [6.07, 6.45) is 0. The van der Waals surface area contributed by atoms with Crippen molar-refractivity contribution in [3.05, 3.63) is 53.6 Å². The van der Waals surface area contributed by atoms with Crippen molar-refractivity contribution in [1.82, 2.24) is 4.90 Å². The third-order valence-corrected chi connectivity index (χ3v) is 5.27. The van der Waals surface area contributed by atoms with Crippen molar-refractivity contribution in [2.45, 2.75) is 13.8 Å². The van der Waals surface area contributed by atoms with Crippen LogP contribution in [0.5, 0.6) is 5.75 Å². The molecule has 0 aromatic heterocycles. The second kappa shape index (κ2) is 10.1. The molecule has 1 heterocycles. The fourth-order valence-corrected chi connectivity index (χ4v) is 3.50. The molecule has 1 fully saturated rings. The first-order valence-electron chi connectivity index (χ1n) is 10.3. The van der Waals surface area contributed by atoms with Crippen molar-refractivity contribution in [1.29, 1.82) is 0 Å². The van der Waals surface area contributed by atoms with E-state index in [0.29, 0.717) is 29.2 Å². The Morgan fingerprint density at radius 1 is 0.967 bits per heavy atom. The van der Waals surface area contributed by atoms with Gasteiger partial charge in [-0.1, -0.05) is 6.92 Å². The van der Waals surface area contributed by atoms with Gasteiger partial charge in [-0.05, 0) is 55.9 Å². The number of hydrogen-bond acceptors (Lipinski definition) is 6. The van der Waals surface area contributed by atoms with E-state index < -0.39 is 5.97 Å². The van der Waals surface area contributed by atoms with E-state index in [-0.39, 0.29) is 5.91 Å². The van der Waals surface area contributed by atoms with Crippen LogP contribution in [0.2, 0.25) is 0 Å². The average molecular weight is 412 g/mol. The van der Waals surface area contributed by atoms with Crippen LogP contribution >= 0.6 is 0 Å². The Labute approximate surface area is 177 Å². The van der Waals surface area contributed by atoms with Crippen molar-refractivity contribution in [2.24, 2.45) is 0 Å². The van der Waals surface area contributed by atoms with Crippen molar-refractivity contribution < 1.29 is 19.1 Å². The fraction of sp³-hybridized carbons (Fsp3) is 0.391. The van der Waals surface area contributed by atoms with Crippen molar-refractivity contribution in [3.8, 4) is 5.75 Å². The molecule has 30 heavy (non-hydrogen) atoms. The van der Waals surface area contributed by atoms with Gasteiger partial charge in [0.25, 0.3) is 5.91 Å². The molecule has 160 valence electrons. The van der Waals surface area contributed by atoms with Crippen LogP contribution < -0.4 is 15.0 Å². The van der Waals surface area contributed by atoms with Gasteiger partial charge in [0.1, 0.15) is 5.75 Å². The van der Waals surface area contributed by atoms with Gasteiger partial charge in [0.15, 0.2) is 0 Å². The molecular weight excluding hydrogens is 382 g/mol. The van der Waals surface area contributed by atoms with Crippen LogP contribution in [0.25, 0.3) is 0 Å². The van der Waals surface area contributed by atoms with Gasteiger partial charge in [-0.2, -0.15) is 0 Å². The summed E-state index contributed by atoms with van der Waals surface area (Å²) in [6.45, 7) is 8.89. The van der Waals surface area contributed by atoms with Gasteiger partial charge < -0.3 is 24.6 Å². The Hall–Kier alpha value is -3.06. The summed E-state index contributed by atoms with van der Waals surface area (Å²) in [7, 11) is 1.58. The zero-order chi connectivity index (χ0) is 21.5. The maximum absolute atomic E-state index is 12.9. The minimum atomic E-state index is -0.403. The lowest BCUT2D eigenvalue weighted by Crippen LogP contribution is -2.46. The number of likely N-dealkylation sites (N-methyl/N-ethyl adjacent to an activating group) is 1. The number of ether oxygens (including phenoxy) is 2. The molecule has 0 spiro atoms. The largest absolute Gasteiger partial charge is 0.497 e. The number of nitrogens with one attached hydrogen (secondary N) is 1. The van der Waals surface area contributed by atoms with Gasteiger partial charge in [-0.3, -0.25) is 4.79 Å². The maximum atomic E-state index is 12.9. The Balaban J connectivity index is 1.86. The van der Waals surface area contributed by atoms with Crippen LogP contribution in [-0.2, 0) is 4.74 Å². The first-order chi connectivity index (χ1) is 14.5. The van der Waals surface area contributed by atoms with Gasteiger partial charge in [0.2, 0.25) is 0 Å². The van der Waals surface area contributed by atoms with Crippen LogP contribution in [0.1, 0.15) is 34.6 Å². The lowest BCUT2D eigenvalue weighted by Gasteiger charge is -2.36. The number of benzene rings is 2. The number of anilines is 2. The molecule has 0 radical (unpaired) electrons. The number of carbonyl (C=O) groups excluding carboxylic acids is 2. The molecule has 0 saturated carbocycles. The lowest BCUT2D eigenvalue weighted by molar-refractivity contribution is 0.0526. The Morgan fingerprint density at radius 3 is 2.23 bits per heavy atom. The number of piperazine rings is 1. The highest BCUT2D eigenvalue weighted by atomic mass is 16.5. The average Bonchev–Trinajstić information content (AvgIpc) is 2.79. The lowest BCUT2D eigenvalue weighted by atomic mass is 10.1. The molecule has 1 aliphatic heterocycles. The minimum absolute atomic E-state index is 0.243. The molecule has 1 amide bonds. The molecule has 7 nitrogen and oxygen atoms in total. The second-order valence-corrected chi connectivity index (χ2v) is 7.06. The zero-order valence-corrected chi connectivity index (χ0v) is 17.8. The van der Waals surface area contributed by atoms with Crippen LogP contribution in [0.3, 0.4) is 0 Å². The summed E-state index contributed by atoms with van der Waals surface area (Å²) < 4.78 is 10.3. The number of methoxy groups -OCH3 is 1. The van der Waals surface area contributed by atoms with E-state index in [1.807, 2.05) is 6.07 Å². The molecule has 0 bridgehead atoms. The predicted molar refractivity (Wildman–Crippen MR) is 118 cm³/mol. The number of rotatable bonds is 7. The number of esters is 1. The van der Waals surface area contributed by atoms with Crippen LogP contribution in [0.4, 0.5) is 11.4 Å². The minimum Gasteiger partial charge on any atom is -0.497 e. The topological polar surface area (TPSA) is 71.1 Å². The summed E-state index contributed by atoms with van der Waals surface area (Å²) in [5.41, 5.74) is 2.43. The third-order valence-electron chi connectivity index (χ3n) is 5.27. The maximum Gasteiger partial charge on any atom is 0.338 e. The van der Waals surface area contributed by atoms with Crippen LogP contribution in [-0.4, -0.2) is 63.2 Å². The predicted octanol–water partition coefficient (Wildman–Crippen LogP) is 3.27. The smallest absolute Gasteiger partial charge is 0.338 e. The highest BCUT2D eigenvalue weighted by Gasteiger charge is 2.21. The van der Waals surface area contributed by atoms with Gasteiger partial charge in [0, 0.05) is 31.7 Å². The molecule has 7 heteroatoms. The quantitative estimate of drug-likeness (QED) is 0.705. The summed E-state index contributed by atoms with van der Waals surface area (Å²) in [4.78, 5) is 29.7. The van der Waals surface area contributed by atoms with E-state index in [1.54, 1.807) is 50.4 Å². The molecule has 1 saturated heterocycles. The Bertz CT molecular complexity index is 875. The molecule has 2 aromatic rings. The van der Waals surface area contributed by atoms with E-state index in [2.05, 4.69) is 22.0 Å². The van der Waals surface area contributed by atoms with E-state index in [4.69, 9.17) is 9.47 Å². The van der Waals surface area contributed by atoms with Gasteiger partial charge in [-0.15, -0.1) is 0 Å². The Kier molecular flexibility index (Phi) is 7.30. The molecule has 0 atom stereocenters. The number of carbonyl (C=O) groups is 2. The molecule has 0 aliphatic carbocycles. The number of amides is 1. The van der Waals surface area contributed by atoms with Crippen molar-refractivity contribution in [3.63, 3.8) is 0 Å². The van der Waals surface area contributed by atoms with Gasteiger partial charge >= 0.3 is 5.97 Å². The third kappa shape index (κ3) is 5.10. The van der Waals surface area contributed by atoms with E-state index in [0.717, 1.165) is 38.4 Å². The summed E-state index contributed by atoms with van der Waals surface area (Å²) >= 11 is 0. The van der Waals surface area contributed by atoms with E-state index >= 15 is 0 Å². The summed E-state index contributed by atoms with van der Waals surface area (Å²) in [5, 5.41) is 2.98. The number of hydrogen-bond donors (Lipinski definition) is 1. The highest BCUT2D eigenvalue weighted by molar-refractivity contribution is 6.07. The van der Waals surface area contributed by atoms with Gasteiger partial charge in [-0.25, -0.2) is 4.79 Å². The van der Waals surface area contributed by atoms with Crippen molar-refractivity contribution >= 4 is 23.3 Å². The Morgan fingerprint density at radius 2 is 1.63 bits per heavy atom. The van der Waals surface area contributed by atoms with E-state index in [1.165, 1.54) is 0 Å². The molecule has 1 N–H and O–H groups in total. The molecule has 1 aliphatic rings. The highest BCUT2D eigenvalue weighted by Crippen LogP contribution is 2.29. The number of nitrogens with zero attached hydrogens (tertiary/aromatic N) is 2. The molecule has 3 rings (SSSR count). The molecular formula is C23H29N3O4. The zero-order valence-electron chi connectivity index (χ0n) is 17.8. The summed E-state index contributed by atoms with van der Waals surface area (Å²) in [6, 6.07) is 12.2. The van der Waals surface area contributed by atoms with Crippen molar-refractivity contribution in [2.75, 3.05) is 56.7 Å². The SMILES string of the molecule is CCOC(=O)c1ccc(N2CCN(CC)CC2)c(NC(=O)c2ccc(OC)cc2)c1.